The number of methoxy groups -OCH3 is 1. The molecule has 96 valence electrons. The van der Waals surface area contributed by atoms with Crippen molar-refractivity contribution in [1.29, 1.82) is 0 Å². The Morgan fingerprint density at radius 2 is 2.06 bits per heavy atom. The second-order valence-electron chi connectivity index (χ2n) is 4.12. The molecule has 3 N–H and O–H groups in total. The molecule has 0 saturated carbocycles. The van der Waals surface area contributed by atoms with E-state index in [1.54, 1.807) is 7.11 Å². The highest BCUT2D eigenvalue weighted by Gasteiger charge is 2.06. The first-order valence-electron chi connectivity index (χ1n) is 5.90. The summed E-state index contributed by atoms with van der Waals surface area (Å²) in [6.07, 6.45) is 2.09. The first kappa shape index (κ1) is 14.5. The normalized spacial score (nSPS) is 12.6. The van der Waals surface area contributed by atoms with E-state index in [-0.39, 0.29) is 0 Å². The molecule has 1 rings (SSSR count). The number of hydrogen-bond acceptors (Lipinski definition) is 4. The van der Waals surface area contributed by atoms with Gasteiger partial charge in [-0.15, -0.1) is 11.8 Å². The zero-order valence-electron chi connectivity index (χ0n) is 10.6. The van der Waals surface area contributed by atoms with Gasteiger partial charge in [0.1, 0.15) is 0 Å². The van der Waals surface area contributed by atoms with E-state index >= 15 is 0 Å². The minimum absolute atomic E-state index is 0.344. The highest BCUT2D eigenvalue weighted by atomic mass is 32.2. The summed E-state index contributed by atoms with van der Waals surface area (Å²) in [5.41, 5.74) is 4.16. The summed E-state index contributed by atoms with van der Waals surface area (Å²) in [6.45, 7) is 2.90. The molecule has 0 heterocycles. The number of rotatable bonds is 8. The number of nitrogens with two attached hydrogens (primary N) is 1. The fourth-order valence-electron chi connectivity index (χ4n) is 1.52. The third-order valence-electron chi connectivity index (χ3n) is 2.61. The van der Waals surface area contributed by atoms with Gasteiger partial charge in [-0.3, -0.25) is 11.3 Å². The third-order valence-corrected chi connectivity index (χ3v) is 3.78. The van der Waals surface area contributed by atoms with Crippen molar-refractivity contribution in [2.24, 2.45) is 5.84 Å². The maximum Gasteiger partial charge on any atom is 0.0462 e. The lowest BCUT2D eigenvalue weighted by molar-refractivity contribution is 0.189. The smallest absolute Gasteiger partial charge is 0.0462 e. The van der Waals surface area contributed by atoms with E-state index in [1.165, 1.54) is 10.5 Å². The molecule has 0 fully saturated rings. The van der Waals surface area contributed by atoms with Crippen molar-refractivity contribution < 1.29 is 4.74 Å². The van der Waals surface area contributed by atoms with E-state index in [9.17, 15) is 0 Å². The highest BCUT2D eigenvalue weighted by Crippen LogP contribution is 2.20. The Morgan fingerprint density at radius 3 is 2.65 bits per heavy atom. The summed E-state index contributed by atoms with van der Waals surface area (Å²) in [6, 6.07) is 8.93. The molecule has 17 heavy (non-hydrogen) atoms. The molecular formula is C13H22N2OS. The van der Waals surface area contributed by atoms with Crippen molar-refractivity contribution in [3.63, 3.8) is 0 Å². The second kappa shape index (κ2) is 8.53. The molecule has 1 aromatic carbocycles. The fraction of sp³-hybridized carbons (Fsp3) is 0.538. The summed E-state index contributed by atoms with van der Waals surface area (Å²) >= 11 is 1.84. The number of nitrogens with one attached hydrogen (secondary N) is 1. The molecule has 0 aromatic heterocycles. The standard InChI is InChI=1S/C13H22N2OS/c1-11-5-7-13(8-6-11)17-10-12(15-14)4-3-9-16-2/h5-8,12,15H,3-4,9-10,14H2,1-2H3. The largest absolute Gasteiger partial charge is 0.385 e. The first-order chi connectivity index (χ1) is 8.26. The summed E-state index contributed by atoms with van der Waals surface area (Å²) in [7, 11) is 1.73. The molecule has 0 saturated heterocycles. The van der Waals surface area contributed by atoms with Crippen LogP contribution in [0.5, 0.6) is 0 Å². The number of hydrazine groups is 1. The van der Waals surface area contributed by atoms with E-state index in [1.807, 2.05) is 11.8 Å². The van der Waals surface area contributed by atoms with E-state index < -0.39 is 0 Å². The zero-order valence-corrected chi connectivity index (χ0v) is 11.4. The summed E-state index contributed by atoms with van der Waals surface area (Å²) in [4.78, 5) is 1.29. The van der Waals surface area contributed by atoms with E-state index in [4.69, 9.17) is 10.6 Å². The molecule has 0 aliphatic rings. The minimum Gasteiger partial charge on any atom is -0.385 e. The van der Waals surface area contributed by atoms with Crippen LogP contribution in [0.25, 0.3) is 0 Å². The van der Waals surface area contributed by atoms with Crippen LogP contribution in [0.1, 0.15) is 18.4 Å². The van der Waals surface area contributed by atoms with Gasteiger partial charge < -0.3 is 4.74 Å². The van der Waals surface area contributed by atoms with Crippen molar-refractivity contribution in [2.75, 3.05) is 19.5 Å². The average molecular weight is 254 g/mol. The number of ether oxygens (including phenoxy) is 1. The number of hydrogen-bond donors (Lipinski definition) is 2. The van der Waals surface area contributed by atoms with Crippen molar-refractivity contribution in [3.05, 3.63) is 29.8 Å². The second-order valence-corrected chi connectivity index (χ2v) is 5.22. The molecule has 0 spiro atoms. The quantitative estimate of drug-likeness (QED) is 0.323. The molecule has 0 radical (unpaired) electrons. The Kier molecular flexibility index (Phi) is 7.28. The molecule has 1 unspecified atom stereocenters. The average Bonchev–Trinajstić information content (AvgIpc) is 2.35. The molecule has 4 heteroatoms. The molecule has 0 aliphatic heterocycles. The van der Waals surface area contributed by atoms with Gasteiger partial charge in [0.15, 0.2) is 0 Å². The van der Waals surface area contributed by atoms with Crippen LogP contribution in [0.2, 0.25) is 0 Å². The molecule has 0 bridgehead atoms. The van der Waals surface area contributed by atoms with Crippen LogP contribution >= 0.6 is 11.8 Å². The molecule has 3 nitrogen and oxygen atoms in total. The maximum absolute atomic E-state index is 5.54. The number of aryl methyl sites for hydroxylation is 1. The van der Waals surface area contributed by atoms with E-state index in [2.05, 4.69) is 36.6 Å². The SMILES string of the molecule is COCCCC(CSc1ccc(C)cc1)NN. The highest BCUT2D eigenvalue weighted by molar-refractivity contribution is 7.99. The van der Waals surface area contributed by atoms with Gasteiger partial charge in [0, 0.05) is 30.4 Å². The third kappa shape index (κ3) is 6.07. The van der Waals surface area contributed by atoms with Crippen LogP contribution in [0.4, 0.5) is 0 Å². The zero-order chi connectivity index (χ0) is 12.5. The summed E-state index contributed by atoms with van der Waals surface area (Å²) in [5.74, 6) is 6.53. The monoisotopic (exact) mass is 254 g/mol. The van der Waals surface area contributed by atoms with Gasteiger partial charge >= 0.3 is 0 Å². The van der Waals surface area contributed by atoms with Gasteiger partial charge in [-0.25, -0.2) is 0 Å². The number of thioether (sulfide) groups is 1. The van der Waals surface area contributed by atoms with Gasteiger partial charge in [-0.1, -0.05) is 17.7 Å². The van der Waals surface area contributed by atoms with Gasteiger partial charge in [-0.05, 0) is 31.9 Å². The van der Waals surface area contributed by atoms with Crippen LogP contribution in [0.15, 0.2) is 29.2 Å². The summed E-state index contributed by atoms with van der Waals surface area (Å²) in [5, 5.41) is 0. The first-order valence-corrected chi connectivity index (χ1v) is 6.89. The molecular weight excluding hydrogens is 232 g/mol. The fourth-order valence-corrected chi connectivity index (χ4v) is 2.51. The Labute approximate surface area is 108 Å². The Hall–Kier alpha value is -0.550. The maximum atomic E-state index is 5.54. The number of benzene rings is 1. The lowest BCUT2D eigenvalue weighted by atomic mass is 10.2. The van der Waals surface area contributed by atoms with Crippen molar-refractivity contribution in [3.8, 4) is 0 Å². The lowest BCUT2D eigenvalue weighted by Crippen LogP contribution is -2.37. The van der Waals surface area contributed by atoms with Crippen LogP contribution in [-0.2, 0) is 4.74 Å². The van der Waals surface area contributed by atoms with Crippen molar-refractivity contribution in [1.82, 2.24) is 5.43 Å². The lowest BCUT2D eigenvalue weighted by Gasteiger charge is -2.15. The summed E-state index contributed by atoms with van der Waals surface area (Å²) < 4.78 is 5.04. The van der Waals surface area contributed by atoms with Gasteiger partial charge in [-0.2, -0.15) is 0 Å². The van der Waals surface area contributed by atoms with Crippen LogP contribution in [0, 0.1) is 6.92 Å². The van der Waals surface area contributed by atoms with Crippen LogP contribution in [0.3, 0.4) is 0 Å². The molecule has 1 atom stereocenters. The van der Waals surface area contributed by atoms with Gasteiger partial charge in [0.2, 0.25) is 0 Å². The van der Waals surface area contributed by atoms with Crippen LogP contribution < -0.4 is 11.3 Å². The van der Waals surface area contributed by atoms with Gasteiger partial charge in [0.05, 0.1) is 0 Å². The van der Waals surface area contributed by atoms with Crippen molar-refractivity contribution >= 4 is 11.8 Å². The van der Waals surface area contributed by atoms with Crippen molar-refractivity contribution in [2.45, 2.75) is 30.7 Å². The Balaban J connectivity index is 2.29. The molecule has 1 aromatic rings. The Morgan fingerprint density at radius 1 is 1.35 bits per heavy atom. The predicted octanol–water partition coefficient (Wildman–Crippen LogP) is 2.35. The molecule has 0 aliphatic carbocycles. The molecule has 0 amide bonds. The van der Waals surface area contributed by atoms with Gasteiger partial charge in [0.25, 0.3) is 0 Å². The van der Waals surface area contributed by atoms with E-state index in [0.717, 1.165) is 25.2 Å². The topological polar surface area (TPSA) is 47.3 Å². The minimum atomic E-state index is 0.344. The van der Waals surface area contributed by atoms with Crippen LogP contribution in [-0.4, -0.2) is 25.5 Å². The Bertz CT molecular complexity index is 303. The van der Waals surface area contributed by atoms with E-state index in [0.29, 0.717) is 6.04 Å². The predicted molar refractivity (Wildman–Crippen MR) is 74.1 cm³/mol.